The summed E-state index contributed by atoms with van der Waals surface area (Å²) in [5, 5.41) is 0. The van der Waals surface area contributed by atoms with Crippen LogP contribution in [0.15, 0.2) is 53.4 Å². The molecule has 0 fully saturated rings. The van der Waals surface area contributed by atoms with Crippen LogP contribution in [0.4, 0.5) is 5.69 Å². The molecule has 0 aliphatic carbocycles. The van der Waals surface area contributed by atoms with Crippen molar-refractivity contribution in [3.05, 3.63) is 59.7 Å². The molecule has 3 rings (SSSR count). The minimum Gasteiger partial charge on any atom is -0.452 e. The van der Waals surface area contributed by atoms with Gasteiger partial charge < -0.3 is 10.5 Å². The van der Waals surface area contributed by atoms with Crippen molar-refractivity contribution in [2.24, 2.45) is 5.73 Å². The Morgan fingerprint density at radius 1 is 1.19 bits per heavy atom. The van der Waals surface area contributed by atoms with Gasteiger partial charge in [0, 0.05) is 6.04 Å². The molecule has 0 saturated carbocycles. The van der Waals surface area contributed by atoms with Gasteiger partial charge in [0.05, 0.1) is 16.1 Å². The number of carbonyl (C=O) groups excluding carboxylic acids is 2. The van der Waals surface area contributed by atoms with Crippen molar-refractivity contribution in [3.8, 4) is 0 Å². The third-order valence-electron chi connectivity index (χ3n) is 4.12. The smallest absolute Gasteiger partial charge is 0.338 e. The molecule has 7 nitrogen and oxygen atoms in total. The molecule has 0 spiro atoms. The van der Waals surface area contributed by atoms with E-state index in [-0.39, 0.29) is 16.5 Å². The number of benzene rings is 2. The first-order chi connectivity index (χ1) is 12.3. The summed E-state index contributed by atoms with van der Waals surface area (Å²) in [5.41, 5.74) is 6.58. The zero-order valence-corrected chi connectivity index (χ0v) is 14.9. The van der Waals surface area contributed by atoms with Crippen LogP contribution in [0.2, 0.25) is 0 Å². The molecule has 1 aliphatic rings. The lowest BCUT2D eigenvalue weighted by Crippen LogP contribution is -2.35. The first kappa shape index (κ1) is 17.9. The average Bonchev–Trinajstić information content (AvgIpc) is 2.96. The van der Waals surface area contributed by atoms with Crippen molar-refractivity contribution < 1.29 is 22.7 Å². The Kier molecular flexibility index (Phi) is 4.69. The summed E-state index contributed by atoms with van der Waals surface area (Å²) in [6.45, 7) is 1.27. The van der Waals surface area contributed by atoms with Crippen LogP contribution in [0, 0.1) is 0 Å². The maximum Gasteiger partial charge on any atom is 0.338 e. The minimum absolute atomic E-state index is 0.0189. The summed E-state index contributed by atoms with van der Waals surface area (Å²) in [6.07, 6.45) is 0.621. The number of fused-ring (bicyclic) bond motifs is 1. The average molecular weight is 374 g/mol. The third kappa shape index (κ3) is 3.28. The number of para-hydroxylation sites is 1. The van der Waals surface area contributed by atoms with Crippen LogP contribution in [-0.4, -0.2) is 32.9 Å². The molecule has 1 amide bonds. The van der Waals surface area contributed by atoms with Gasteiger partial charge in [-0.15, -0.1) is 0 Å². The van der Waals surface area contributed by atoms with Gasteiger partial charge in [-0.3, -0.25) is 9.10 Å². The first-order valence-electron chi connectivity index (χ1n) is 7.98. The van der Waals surface area contributed by atoms with E-state index < -0.39 is 28.5 Å². The van der Waals surface area contributed by atoms with Crippen molar-refractivity contribution in [1.29, 1.82) is 0 Å². The Bertz CT molecular complexity index is 971. The monoisotopic (exact) mass is 374 g/mol. The molecule has 0 radical (unpaired) electrons. The van der Waals surface area contributed by atoms with Gasteiger partial charge in [0.25, 0.3) is 15.9 Å². The van der Waals surface area contributed by atoms with Crippen molar-refractivity contribution >= 4 is 27.6 Å². The molecule has 8 heteroatoms. The van der Waals surface area contributed by atoms with Crippen LogP contribution in [-0.2, 0) is 26.0 Å². The van der Waals surface area contributed by atoms with Gasteiger partial charge in [-0.25, -0.2) is 13.2 Å². The molecule has 1 aliphatic heterocycles. The fourth-order valence-corrected chi connectivity index (χ4v) is 4.76. The fraction of sp³-hybridized carbons (Fsp3) is 0.222. The maximum absolute atomic E-state index is 13.1. The van der Waals surface area contributed by atoms with Crippen LogP contribution in [0.25, 0.3) is 0 Å². The largest absolute Gasteiger partial charge is 0.452 e. The SMILES string of the molecule is CC1Cc2ccccc2N1S(=O)(=O)c1cccc(C(=O)OCC(N)=O)c1. The van der Waals surface area contributed by atoms with Crippen molar-refractivity contribution in [1.82, 2.24) is 0 Å². The first-order valence-corrected chi connectivity index (χ1v) is 9.42. The van der Waals surface area contributed by atoms with Gasteiger partial charge in [-0.2, -0.15) is 0 Å². The topological polar surface area (TPSA) is 107 Å². The lowest BCUT2D eigenvalue weighted by molar-refractivity contribution is -0.121. The van der Waals surface area contributed by atoms with Crippen LogP contribution < -0.4 is 10.0 Å². The lowest BCUT2D eigenvalue weighted by atomic mass is 10.1. The minimum atomic E-state index is -3.85. The molecule has 1 unspecified atom stereocenters. The molecule has 2 aromatic rings. The molecule has 136 valence electrons. The zero-order valence-electron chi connectivity index (χ0n) is 14.1. The normalized spacial score (nSPS) is 16.2. The maximum atomic E-state index is 13.1. The number of hydrogen-bond donors (Lipinski definition) is 1. The van der Waals surface area contributed by atoms with E-state index in [9.17, 15) is 18.0 Å². The van der Waals surface area contributed by atoms with Gasteiger partial charge in [0.15, 0.2) is 6.61 Å². The molecule has 1 heterocycles. The molecule has 0 bridgehead atoms. The molecule has 2 aromatic carbocycles. The lowest BCUT2D eigenvalue weighted by Gasteiger charge is -2.24. The highest BCUT2D eigenvalue weighted by Gasteiger charge is 2.36. The number of sulfonamides is 1. The Balaban J connectivity index is 1.95. The number of carbonyl (C=O) groups is 2. The van der Waals surface area contributed by atoms with Crippen LogP contribution in [0.5, 0.6) is 0 Å². The van der Waals surface area contributed by atoms with Gasteiger partial charge in [-0.1, -0.05) is 24.3 Å². The summed E-state index contributed by atoms with van der Waals surface area (Å²) in [5.74, 6) is -1.60. The summed E-state index contributed by atoms with van der Waals surface area (Å²) >= 11 is 0. The summed E-state index contributed by atoms with van der Waals surface area (Å²) < 4.78 is 32.4. The van der Waals surface area contributed by atoms with E-state index in [0.717, 1.165) is 5.56 Å². The van der Waals surface area contributed by atoms with Crippen LogP contribution in [0.3, 0.4) is 0 Å². The number of primary amides is 1. The summed E-state index contributed by atoms with van der Waals surface area (Å²) in [6, 6.07) is 12.6. The van der Waals surface area contributed by atoms with E-state index in [0.29, 0.717) is 12.1 Å². The van der Waals surface area contributed by atoms with E-state index >= 15 is 0 Å². The van der Waals surface area contributed by atoms with Crippen molar-refractivity contribution in [2.75, 3.05) is 10.9 Å². The number of rotatable bonds is 5. The van der Waals surface area contributed by atoms with E-state index in [1.165, 1.54) is 28.6 Å². The highest BCUT2D eigenvalue weighted by molar-refractivity contribution is 7.92. The predicted octanol–water partition coefficient (Wildman–Crippen LogP) is 1.47. The standard InChI is InChI=1S/C18H18N2O5S/c1-12-9-13-5-2-3-8-16(13)20(12)26(23,24)15-7-4-6-14(10-15)18(22)25-11-17(19)21/h2-8,10,12H,9,11H2,1H3,(H2,19,21). The molecule has 26 heavy (non-hydrogen) atoms. The molecule has 1 atom stereocenters. The van der Waals surface area contributed by atoms with Crippen molar-refractivity contribution in [3.63, 3.8) is 0 Å². The molecule has 2 N–H and O–H groups in total. The Morgan fingerprint density at radius 3 is 2.65 bits per heavy atom. The van der Waals surface area contributed by atoms with Gasteiger partial charge >= 0.3 is 5.97 Å². The van der Waals surface area contributed by atoms with E-state index in [1.807, 2.05) is 19.1 Å². The molecule has 0 aromatic heterocycles. The Labute approximate surface area is 151 Å². The highest BCUT2D eigenvalue weighted by Crippen LogP contribution is 2.36. The molecule has 0 saturated heterocycles. The van der Waals surface area contributed by atoms with Crippen LogP contribution in [0.1, 0.15) is 22.8 Å². The molecular formula is C18H18N2O5S. The van der Waals surface area contributed by atoms with E-state index in [1.54, 1.807) is 12.1 Å². The van der Waals surface area contributed by atoms with Crippen molar-refractivity contribution in [2.45, 2.75) is 24.3 Å². The van der Waals surface area contributed by atoms with E-state index in [4.69, 9.17) is 10.5 Å². The second kappa shape index (κ2) is 6.80. The fourth-order valence-electron chi connectivity index (χ4n) is 3.02. The highest BCUT2D eigenvalue weighted by atomic mass is 32.2. The summed E-state index contributed by atoms with van der Waals surface area (Å²) in [4.78, 5) is 22.7. The second-order valence-electron chi connectivity index (χ2n) is 6.05. The number of esters is 1. The Hall–Kier alpha value is -2.87. The number of anilines is 1. The number of ether oxygens (including phenoxy) is 1. The van der Waals surface area contributed by atoms with E-state index in [2.05, 4.69) is 0 Å². The van der Waals surface area contributed by atoms with Gasteiger partial charge in [-0.05, 0) is 43.2 Å². The Morgan fingerprint density at radius 2 is 1.92 bits per heavy atom. The summed E-state index contributed by atoms with van der Waals surface area (Å²) in [7, 11) is -3.85. The molecular weight excluding hydrogens is 356 g/mol. The second-order valence-corrected chi connectivity index (χ2v) is 7.87. The zero-order chi connectivity index (χ0) is 18.9. The van der Waals surface area contributed by atoms with Crippen LogP contribution >= 0.6 is 0 Å². The third-order valence-corrected chi connectivity index (χ3v) is 6.04. The van der Waals surface area contributed by atoms with Gasteiger partial charge in [0.1, 0.15) is 0 Å². The quantitative estimate of drug-likeness (QED) is 0.798. The number of hydrogen-bond acceptors (Lipinski definition) is 5. The number of nitrogens with two attached hydrogens (primary N) is 1. The van der Waals surface area contributed by atoms with Gasteiger partial charge in [0.2, 0.25) is 0 Å². The number of nitrogens with zero attached hydrogens (tertiary/aromatic N) is 1. The number of amides is 1. The predicted molar refractivity (Wildman–Crippen MR) is 95.2 cm³/mol.